The summed E-state index contributed by atoms with van der Waals surface area (Å²) in [6.07, 6.45) is -2.30. The number of carbonyl (C=O) groups excluding carboxylic acids is 2. The quantitative estimate of drug-likeness (QED) is 0.840. The van der Waals surface area contributed by atoms with Crippen molar-refractivity contribution in [3.8, 4) is 0 Å². The van der Waals surface area contributed by atoms with Crippen LogP contribution in [0.5, 0.6) is 0 Å². The maximum Gasteiger partial charge on any atom is 0.416 e. The van der Waals surface area contributed by atoms with Gasteiger partial charge >= 0.3 is 6.18 Å². The van der Waals surface area contributed by atoms with Crippen molar-refractivity contribution in [3.63, 3.8) is 0 Å². The van der Waals surface area contributed by atoms with Gasteiger partial charge in [0.25, 0.3) is 0 Å². The van der Waals surface area contributed by atoms with Crippen LogP contribution in [0.1, 0.15) is 56.7 Å². The Balaban J connectivity index is 2.01. The van der Waals surface area contributed by atoms with Gasteiger partial charge in [-0.3, -0.25) is 9.59 Å². The van der Waals surface area contributed by atoms with Gasteiger partial charge in [0.1, 0.15) is 0 Å². The van der Waals surface area contributed by atoms with E-state index in [0.29, 0.717) is 31.2 Å². The molecule has 0 spiro atoms. The van der Waals surface area contributed by atoms with E-state index in [-0.39, 0.29) is 17.9 Å². The van der Waals surface area contributed by atoms with E-state index < -0.39 is 23.3 Å². The number of amides is 2. The van der Waals surface area contributed by atoms with Crippen LogP contribution in [-0.2, 0) is 15.8 Å². The molecule has 1 aromatic carbocycles. The predicted molar refractivity (Wildman–Crippen MR) is 85.5 cm³/mol. The fraction of sp³-hybridized carbons (Fsp3) is 0.556. The minimum absolute atomic E-state index is 0.0711. The van der Waals surface area contributed by atoms with Gasteiger partial charge in [-0.2, -0.15) is 13.2 Å². The van der Waals surface area contributed by atoms with E-state index in [1.165, 1.54) is 13.0 Å². The van der Waals surface area contributed by atoms with E-state index in [1.807, 2.05) is 6.92 Å². The molecule has 4 nitrogen and oxygen atoms in total. The Bertz CT molecular complexity index is 704. The van der Waals surface area contributed by atoms with Gasteiger partial charge in [-0.15, -0.1) is 0 Å². The third kappa shape index (κ3) is 3.24. The van der Waals surface area contributed by atoms with Gasteiger partial charge in [-0.05, 0) is 43.9 Å². The average Bonchev–Trinajstić information content (AvgIpc) is 2.71. The minimum Gasteiger partial charge on any atom is -0.349 e. The summed E-state index contributed by atoms with van der Waals surface area (Å²) in [4.78, 5) is 25.9. The minimum atomic E-state index is -4.43. The van der Waals surface area contributed by atoms with Crippen LogP contribution < -0.4 is 5.32 Å². The Morgan fingerprint density at radius 1 is 1.36 bits per heavy atom. The number of nitrogens with one attached hydrogen (secondary N) is 1. The van der Waals surface area contributed by atoms with Crippen molar-refractivity contribution in [3.05, 3.63) is 35.4 Å². The van der Waals surface area contributed by atoms with Gasteiger partial charge in [0.2, 0.25) is 11.8 Å². The standard InChI is InChI=1S/C18H21F3N2O2/c1-11(24)23-14(12-5-3-6-13(9-12)18(19,20)21)10-17(2)15(23)7-4-8-16(25)22-17/h3,5-6,9,14-15H,4,7-8,10H2,1-2H3,(H,22,25)/t14-,15-,17-/m0/s1. The van der Waals surface area contributed by atoms with Crippen LogP contribution in [0.4, 0.5) is 13.2 Å². The zero-order valence-electron chi connectivity index (χ0n) is 14.2. The van der Waals surface area contributed by atoms with E-state index in [1.54, 1.807) is 11.0 Å². The molecule has 7 heteroatoms. The molecule has 3 atom stereocenters. The van der Waals surface area contributed by atoms with E-state index in [2.05, 4.69) is 5.32 Å². The van der Waals surface area contributed by atoms with Gasteiger partial charge < -0.3 is 10.2 Å². The summed E-state index contributed by atoms with van der Waals surface area (Å²) in [6.45, 7) is 3.31. The van der Waals surface area contributed by atoms with Gasteiger partial charge in [-0.25, -0.2) is 0 Å². The van der Waals surface area contributed by atoms with Crippen molar-refractivity contribution in [2.75, 3.05) is 0 Å². The second kappa shape index (κ2) is 6.04. The molecule has 0 aromatic heterocycles. The molecule has 0 radical (unpaired) electrons. The molecular formula is C18H21F3N2O2. The first-order chi connectivity index (χ1) is 11.6. The number of likely N-dealkylation sites (tertiary alicyclic amines) is 1. The monoisotopic (exact) mass is 354 g/mol. The summed E-state index contributed by atoms with van der Waals surface area (Å²) >= 11 is 0. The highest BCUT2D eigenvalue weighted by Gasteiger charge is 2.52. The van der Waals surface area contributed by atoms with Crippen molar-refractivity contribution in [2.45, 2.75) is 63.3 Å². The van der Waals surface area contributed by atoms with Crippen molar-refractivity contribution >= 4 is 11.8 Å². The summed E-state index contributed by atoms with van der Waals surface area (Å²) in [5.74, 6) is -0.259. The highest BCUT2D eigenvalue weighted by Crippen LogP contribution is 2.46. The molecule has 3 rings (SSSR count). The second-order valence-electron chi connectivity index (χ2n) is 7.14. The number of nitrogens with zero attached hydrogens (tertiary/aromatic N) is 1. The maximum atomic E-state index is 13.0. The molecule has 0 bridgehead atoms. The lowest BCUT2D eigenvalue weighted by Crippen LogP contribution is -2.53. The Morgan fingerprint density at radius 3 is 2.72 bits per heavy atom. The average molecular weight is 354 g/mol. The molecular weight excluding hydrogens is 333 g/mol. The first-order valence-electron chi connectivity index (χ1n) is 8.39. The number of hydrogen-bond donors (Lipinski definition) is 1. The Hall–Kier alpha value is -2.05. The summed E-state index contributed by atoms with van der Waals surface area (Å²) in [6, 6.07) is 4.43. The number of rotatable bonds is 1. The maximum absolute atomic E-state index is 13.0. The first-order valence-corrected chi connectivity index (χ1v) is 8.39. The lowest BCUT2D eigenvalue weighted by atomic mass is 9.88. The number of benzene rings is 1. The fourth-order valence-corrected chi connectivity index (χ4v) is 4.23. The second-order valence-corrected chi connectivity index (χ2v) is 7.14. The van der Waals surface area contributed by atoms with Gasteiger partial charge in [0, 0.05) is 13.3 Å². The molecule has 25 heavy (non-hydrogen) atoms. The Labute approximate surface area is 144 Å². The molecule has 2 saturated heterocycles. The highest BCUT2D eigenvalue weighted by molar-refractivity contribution is 5.79. The van der Waals surface area contributed by atoms with Crippen LogP contribution >= 0.6 is 0 Å². The third-order valence-electron chi connectivity index (χ3n) is 5.29. The summed E-state index contributed by atoms with van der Waals surface area (Å²) in [7, 11) is 0. The van der Waals surface area contributed by atoms with Gasteiger partial charge in [0.15, 0.2) is 0 Å². The predicted octanol–water partition coefficient (Wildman–Crippen LogP) is 3.43. The fourth-order valence-electron chi connectivity index (χ4n) is 4.23. The van der Waals surface area contributed by atoms with E-state index in [0.717, 1.165) is 12.1 Å². The zero-order valence-corrected chi connectivity index (χ0v) is 14.2. The number of halogens is 3. The molecule has 0 saturated carbocycles. The molecule has 2 aliphatic heterocycles. The van der Waals surface area contributed by atoms with E-state index >= 15 is 0 Å². The van der Waals surface area contributed by atoms with Crippen LogP contribution in [0, 0.1) is 0 Å². The van der Waals surface area contributed by atoms with Crippen molar-refractivity contribution in [2.24, 2.45) is 0 Å². The van der Waals surface area contributed by atoms with Crippen LogP contribution in [0.2, 0.25) is 0 Å². The first kappa shape index (κ1) is 17.8. The molecule has 1 aromatic rings. The van der Waals surface area contributed by atoms with Gasteiger partial charge in [0.05, 0.1) is 23.2 Å². The molecule has 2 amide bonds. The largest absolute Gasteiger partial charge is 0.416 e. The van der Waals surface area contributed by atoms with Crippen molar-refractivity contribution in [1.82, 2.24) is 10.2 Å². The Kier molecular flexibility index (Phi) is 4.29. The number of hydrogen-bond acceptors (Lipinski definition) is 2. The lowest BCUT2D eigenvalue weighted by molar-refractivity contribution is -0.137. The lowest BCUT2D eigenvalue weighted by Gasteiger charge is -2.34. The third-order valence-corrected chi connectivity index (χ3v) is 5.29. The number of fused-ring (bicyclic) bond motifs is 1. The smallest absolute Gasteiger partial charge is 0.349 e. The topological polar surface area (TPSA) is 49.4 Å². The number of carbonyl (C=O) groups is 2. The van der Waals surface area contributed by atoms with E-state index in [4.69, 9.17) is 0 Å². The van der Waals surface area contributed by atoms with Crippen LogP contribution in [0.25, 0.3) is 0 Å². The zero-order chi connectivity index (χ0) is 18.4. The molecule has 0 aliphatic carbocycles. The molecule has 0 unspecified atom stereocenters. The van der Waals surface area contributed by atoms with Crippen LogP contribution in [0.15, 0.2) is 24.3 Å². The van der Waals surface area contributed by atoms with Crippen LogP contribution in [-0.4, -0.2) is 28.3 Å². The Morgan fingerprint density at radius 2 is 2.08 bits per heavy atom. The summed E-state index contributed by atoms with van der Waals surface area (Å²) < 4.78 is 39.1. The van der Waals surface area contributed by atoms with E-state index in [9.17, 15) is 22.8 Å². The van der Waals surface area contributed by atoms with Crippen molar-refractivity contribution < 1.29 is 22.8 Å². The van der Waals surface area contributed by atoms with Crippen molar-refractivity contribution in [1.29, 1.82) is 0 Å². The van der Waals surface area contributed by atoms with Crippen LogP contribution in [0.3, 0.4) is 0 Å². The normalized spacial score (nSPS) is 29.8. The molecule has 136 valence electrons. The molecule has 1 N–H and O–H groups in total. The SMILES string of the molecule is CC(=O)N1[C@H]2CCCC(=O)N[C@@]2(C)C[C@H]1c1cccc(C(F)(F)F)c1. The molecule has 2 fully saturated rings. The molecule has 2 heterocycles. The number of alkyl halides is 3. The van der Waals surface area contributed by atoms with Gasteiger partial charge in [-0.1, -0.05) is 12.1 Å². The summed E-state index contributed by atoms with van der Waals surface area (Å²) in [5, 5.41) is 2.99. The molecule has 2 aliphatic rings. The summed E-state index contributed by atoms with van der Waals surface area (Å²) in [5.41, 5.74) is -0.901. The highest BCUT2D eigenvalue weighted by atomic mass is 19.4.